The van der Waals surface area contributed by atoms with Gasteiger partial charge in [0.15, 0.2) is 0 Å². The molecule has 1 saturated heterocycles. The van der Waals surface area contributed by atoms with Gasteiger partial charge in [-0.25, -0.2) is 13.6 Å². The Morgan fingerprint density at radius 2 is 1.81 bits per heavy atom. The van der Waals surface area contributed by atoms with Crippen molar-refractivity contribution in [3.05, 3.63) is 53.6 Å². The second kappa shape index (κ2) is 7.59. The molecule has 0 spiro atoms. The van der Waals surface area contributed by atoms with E-state index in [2.05, 4.69) is 16.3 Å². The van der Waals surface area contributed by atoms with E-state index in [0.29, 0.717) is 26.2 Å². The number of nitrogens with zero attached hydrogens (tertiary/aromatic N) is 2. The Morgan fingerprint density at radius 3 is 2.46 bits per heavy atom. The third kappa shape index (κ3) is 3.87. The van der Waals surface area contributed by atoms with Gasteiger partial charge in [-0.1, -0.05) is 6.07 Å². The average Bonchev–Trinajstić information content (AvgIpc) is 2.64. The van der Waals surface area contributed by atoms with Crippen molar-refractivity contribution in [1.82, 2.24) is 4.90 Å². The number of amides is 2. The number of ether oxygens (including phenoxy) is 1. The van der Waals surface area contributed by atoms with Gasteiger partial charge in [-0.3, -0.25) is 0 Å². The van der Waals surface area contributed by atoms with Crippen LogP contribution in [0, 0.1) is 18.6 Å². The van der Waals surface area contributed by atoms with Gasteiger partial charge in [0, 0.05) is 32.2 Å². The second-order valence-corrected chi connectivity index (χ2v) is 6.20. The first-order chi connectivity index (χ1) is 12.5. The summed E-state index contributed by atoms with van der Waals surface area (Å²) in [6.45, 7) is 4.28. The van der Waals surface area contributed by atoms with E-state index in [-0.39, 0.29) is 5.69 Å². The molecule has 2 aromatic rings. The summed E-state index contributed by atoms with van der Waals surface area (Å²) in [5, 5.41) is 2.50. The molecule has 0 unspecified atom stereocenters. The highest BCUT2D eigenvalue weighted by Crippen LogP contribution is 2.30. The fourth-order valence-corrected chi connectivity index (χ4v) is 2.98. The third-order valence-electron chi connectivity index (χ3n) is 4.41. The Morgan fingerprint density at radius 1 is 1.08 bits per heavy atom. The van der Waals surface area contributed by atoms with Crippen LogP contribution in [-0.2, 0) is 0 Å². The molecule has 7 heteroatoms. The molecule has 1 aliphatic rings. The number of aryl methyl sites for hydroxylation is 1. The molecular formula is C19H21F2N3O2. The van der Waals surface area contributed by atoms with Gasteiger partial charge in [-0.2, -0.15) is 0 Å². The van der Waals surface area contributed by atoms with Crippen molar-refractivity contribution in [2.24, 2.45) is 0 Å². The molecular weight excluding hydrogens is 340 g/mol. The standard InChI is InChI=1S/C19H21F2N3O2/c1-13-3-6-18(26-2)17(11-13)23-7-9-24(10-8-23)19(25)22-16-5-4-14(20)12-15(16)21/h3-6,11-12H,7-10H2,1-2H3,(H,22,25). The fraction of sp³-hybridized carbons (Fsp3) is 0.316. The van der Waals surface area contributed by atoms with Crippen LogP contribution in [-0.4, -0.2) is 44.2 Å². The molecule has 5 nitrogen and oxygen atoms in total. The molecule has 0 radical (unpaired) electrons. The van der Waals surface area contributed by atoms with Crippen molar-refractivity contribution in [2.45, 2.75) is 6.92 Å². The van der Waals surface area contributed by atoms with Gasteiger partial charge >= 0.3 is 6.03 Å². The summed E-state index contributed by atoms with van der Waals surface area (Å²) >= 11 is 0. The Labute approximate surface area is 151 Å². The van der Waals surface area contributed by atoms with Crippen molar-refractivity contribution in [3.8, 4) is 5.75 Å². The maximum absolute atomic E-state index is 13.7. The van der Waals surface area contributed by atoms with Gasteiger partial charge in [0.05, 0.1) is 18.5 Å². The van der Waals surface area contributed by atoms with Gasteiger partial charge in [-0.15, -0.1) is 0 Å². The number of carbonyl (C=O) groups excluding carboxylic acids is 1. The lowest BCUT2D eigenvalue weighted by Crippen LogP contribution is -2.50. The van der Waals surface area contributed by atoms with Crippen LogP contribution >= 0.6 is 0 Å². The van der Waals surface area contributed by atoms with Gasteiger partial charge in [0.1, 0.15) is 17.4 Å². The molecule has 1 aliphatic heterocycles. The maximum Gasteiger partial charge on any atom is 0.322 e. The van der Waals surface area contributed by atoms with E-state index in [1.165, 1.54) is 6.07 Å². The van der Waals surface area contributed by atoms with E-state index >= 15 is 0 Å². The molecule has 138 valence electrons. The van der Waals surface area contributed by atoms with Crippen molar-refractivity contribution in [3.63, 3.8) is 0 Å². The molecule has 2 amide bonds. The number of rotatable bonds is 3. The SMILES string of the molecule is COc1ccc(C)cc1N1CCN(C(=O)Nc2ccc(F)cc2F)CC1. The summed E-state index contributed by atoms with van der Waals surface area (Å²) in [5.74, 6) is -0.676. The Balaban J connectivity index is 1.63. The van der Waals surface area contributed by atoms with Crippen LogP contribution in [0.15, 0.2) is 36.4 Å². The Hall–Kier alpha value is -2.83. The van der Waals surface area contributed by atoms with Crippen LogP contribution in [0.2, 0.25) is 0 Å². The van der Waals surface area contributed by atoms with Crippen molar-refractivity contribution >= 4 is 17.4 Å². The van der Waals surface area contributed by atoms with Gasteiger partial charge in [0.2, 0.25) is 0 Å². The predicted molar refractivity (Wildman–Crippen MR) is 96.9 cm³/mol. The average molecular weight is 361 g/mol. The number of benzene rings is 2. The summed E-state index contributed by atoms with van der Waals surface area (Å²) in [6, 6.07) is 8.66. The van der Waals surface area contributed by atoms with Crippen molar-refractivity contribution in [1.29, 1.82) is 0 Å². The summed E-state index contributed by atoms with van der Waals surface area (Å²) < 4.78 is 32.1. The van der Waals surface area contributed by atoms with E-state index in [0.717, 1.165) is 29.1 Å². The minimum Gasteiger partial charge on any atom is -0.495 e. The zero-order chi connectivity index (χ0) is 18.7. The first-order valence-corrected chi connectivity index (χ1v) is 8.38. The number of hydrogen-bond acceptors (Lipinski definition) is 3. The lowest BCUT2D eigenvalue weighted by Gasteiger charge is -2.36. The Bertz CT molecular complexity index is 805. The number of methoxy groups -OCH3 is 1. The second-order valence-electron chi connectivity index (χ2n) is 6.20. The van der Waals surface area contributed by atoms with Crippen LogP contribution in [0.5, 0.6) is 5.75 Å². The summed E-state index contributed by atoms with van der Waals surface area (Å²) in [6.07, 6.45) is 0. The smallest absolute Gasteiger partial charge is 0.322 e. The van der Waals surface area contributed by atoms with E-state index < -0.39 is 17.7 Å². The van der Waals surface area contributed by atoms with Crippen LogP contribution < -0.4 is 15.0 Å². The van der Waals surface area contributed by atoms with Crippen LogP contribution in [0.3, 0.4) is 0 Å². The molecule has 0 aliphatic carbocycles. The fourth-order valence-electron chi connectivity index (χ4n) is 2.98. The number of carbonyl (C=O) groups is 1. The van der Waals surface area contributed by atoms with Crippen molar-refractivity contribution < 1.29 is 18.3 Å². The summed E-state index contributed by atoms with van der Waals surface area (Å²) in [4.78, 5) is 16.1. The lowest BCUT2D eigenvalue weighted by molar-refractivity contribution is 0.208. The van der Waals surface area contributed by atoms with Crippen LogP contribution in [0.25, 0.3) is 0 Å². The van der Waals surface area contributed by atoms with Crippen LogP contribution in [0.1, 0.15) is 5.56 Å². The van der Waals surface area contributed by atoms with Gasteiger partial charge in [0.25, 0.3) is 0 Å². The molecule has 0 atom stereocenters. The number of urea groups is 1. The highest BCUT2D eigenvalue weighted by Gasteiger charge is 2.23. The van der Waals surface area contributed by atoms with Gasteiger partial charge < -0.3 is 19.9 Å². The molecule has 0 aromatic heterocycles. The number of hydrogen-bond donors (Lipinski definition) is 1. The Kier molecular flexibility index (Phi) is 5.25. The quantitative estimate of drug-likeness (QED) is 0.908. The van der Waals surface area contributed by atoms with E-state index in [1.807, 2.05) is 19.1 Å². The lowest BCUT2D eigenvalue weighted by atomic mass is 10.1. The minimum atomic E-state index is -0.790. The highest BCUT2D eigenvalue weighted by molar-refractivity contribution is 5.89. The summed E-state index contributed by atoms with van der Waals surface area (Å²) in [5.41, 5.74) is 2.10. The molecule has 2 aromatic carbocycles. The van der Waals surface area contributed by atoms with E-state index in [4.69, 9.17) is 4.74 Å². The minimum absolute atomic E-state index is 0.0285. The van der Waals surface area contributed by atoms with E-state index in [1.54, 1.807) is 12.0 Å². The molecule has 0 saturated carbocycles. The molecule has 3 rings (SSSR count). The largest absolute Gasteiger partial charge is 0.495 e. The zero-order valence-electron chi connectivity index (χ0n) is 14.8. The monoisotopic (exact) mass is 361 g/mol. The molecule has 26 heavy (non-hydrogen) atoms. The molecule has 1 N–H and O–H groups in total. The van der Waals surface area contributed by atoms with Crippen molar-refractivity contribution in [2.75, 3.05) is 43.5 Å². The van der Waals surface area contributed by atoms with Gasteiger partial charge in [-0.05, 0) is 36.8 Å². The molecule has 1 heterocycles. The first kappa shape index (κ1) is 18.0. The number of nitrogens with one attached hydrogen (secondary N) is 1. The number of halogens is 2. The third-order valence-corrected chi connectivity index (χ3v) is 4.41. The van der Waals surface area contributed by atoms with Crippen LogP contribution in [0.4, 0.5) is 25.0 Å². The molecule has 0 bridgehead atoms. The zero-order valence-corrected chi connectivity index (χ0v) is 14.8. The first-order valence-electron chi connectivity index (χ1n) is 8.38. The summed E-state index contributed by atoms with van der Waals surface area (Å²) in [7, 11) is 1.63. The number of piperazine rings is 1. The topological polar surface area (TPSA) is 44.8 Å². The maximum atomic E-state index is 13.7. The molecule has 1 fully saturated rings. The van der Waals surface area contributed by atoms with E-state index in [9.17, 15) is 13.6 Å². The normalized spacial score (nSPS) is 14.3. The highest BCUT2D eigenvalue weighted by atomic mass is 19.1. The predicted octanol–water partition coefficient (Wildman–Crippen LogP) is 3.64. The number of anilines is 2.